The van der Waals surface area contributed by atoms with Crippen LogP contribution in [-0.2, 0) is 0 Å². The molecule has 2 aromatic rings. The van der Waals surface area contributed by atoms with Crippen molar-refractivity contribution in [3.8, 4) is 17.5 Å². The lowest BCUT2D eigenvalue weighted by Crippen LogP contribution is -2.17. The Labute approximate surface area is 140 Å². The third-order valence-corrected chi connectivity index (χ3v) is 4.02. The molecule has 0 aliphatic heterocycles. The van der Waals surface area contributed by atoms with E-state index in [0.29, 0.717) is 25.8 Å². The monoisotopic (exact) mass is 437 g/mol. The van der Waals surface area contributed by atoms with E-state index in [2.05, 4.69) is 36.6 Å². The number of anilines is 1. The lowest BCUT2D eigenvalue weighted by molar-refractivity contribution is -0.274. The molecule has 0 atom stereocenters. The Bertz CT molecular complexity index is 755. The van der Waals surface area contributed by atoms with Gasteiger partial charge in [-0.3, -0.25) is 0 Å². The first-order chi connectivity index (χ1) is 10.1. The summed E-state index contributed by atoms with van der Waals surface area (Å²) in [5, 5.41) is 9.06. The van der Waals surface area contributed by atoms with Crippen molar-refractivity contribution in [2.24, 2.45) is 0 Å². The second-order valence-corrected chi connectivity index (χ2v) is 6.05. The van der Waals surface area contributed by atoms with Crippen molar-refractivity contribution in [2.75, 3.05) is 5.73 Å². The molecule has 0 amide bonds. The molecule has 1 aromatic carbocycles. The Hall–Kier alpha value is -1.66. The molecule has 0 saturated carbocycles. The zero-order valence-electron chi connectivity index (χ0n) is 11.0. The lowest BCUT2D eigenvalue weighted by atomic mass is 10.2. The fourth-order valence-corrected chi connectivity index (χ4v) is 3.47. The fraction of sp³-hybridized carbons (Fsp3) is 0.154. The summed E-state index contributed by atoms with van der Waals surface area (Å²) in [6.07, 6.45) is -3.15. The minimum absolute atomic E-state index is 0.200. The van der Waals surface area contributed by atoms with Gasteiger partial charge in [-0.25, -0.2) is 0 Å². The SMILES string of the molecule is Cc1cn(-c2c(Br)cc(OC(F)(F)F)cc2Br)c(N)c1C#N. The van der Waals surface area contributed by atoms with E-state index in [1.165, 1.54) is 16.7 Å². The van der Waals surface area contributed by atoms with Gasteiger partial charge in [0.25, 0.3) is 0 Å². The number of benzene rings is 1. The summed E-state index contributed by atoms with van der Waals surface area (Å²) < 4.78 is 42.9. The molecule has 0 fully saturated rings. The van der Waals surface area contributed by atoms with Crippen molar-refractivity contribution < 1.29 is 17.9 Å². The van der Waals surface area contributed by atoms with Crippen LogP contribution < -0.4 is 10.5 Å². The van der Waals surface area contributed by atoms with Crippen LogP contribution in [0.1, 0.15) is 11.1 Å². The Morgan fingerprint density at radius 3 is 2.23 bits per heavy atom. The van der Waals surface area contributed by atoms with Crippen molar-refractivity contribution in [3.05, 3.63) is 38.4 Å². The Morgan fingerprint density at radius 1 is 1.27 bits per heavy atom. The predicted octanol–water partition coefficient (Wildman–Crippen LogP) is 4.66. The van der Waals surface area contributed by atoms with Gasteiger partial charge in [0.2, 0.25) is 0 Å². The summed E-state index contributed by atoms with van der Waals surface area (Å²) in [6, 6.07) is 4.34. The first-order valence-electron chi connectivity index (χ1n) is 5.76. The second kappa shape index (κ2) is 5.85. The number of hydrogen-bond donors (Lipinski definition) is 1. The number of nitrogens with two attached hydrogens (primary N) is 1. The van der Waals surface area contributed by atoms with Crippen LogP contribution in [0.4, 0.5) is 19.0 Å². The summed E-state index contributed by atoms with van der Waals surface area (Å²) in [5.74, 6) is -0.177. The zero-order valence-corrected chi connectivity index (χ0v) is 14.2. The molecule has 0 spiro atoms. The lowest BCUT2D eigenvalue weighted by Gasteiger charge is -2.14. The maximum Gasteiger partial charge on any atom is 0.573 e. The van der Waals surface area contributed by atoms with Crippen LogP contribution >= 0.6 is 31.9 Å². The van der Waals surface area contributed by atoms with Gasteiger partial charge in [-0.1, -0.05) is 0 Å². The average Bonchev–Trinajstić information content (AvgIpc) is 2.61. The predicted molar refractivity (Wildman–Crippen MR) is 81.7 cm³/mol. The number of nitrogens with zero attached hydrogens (tertiary/aromatic N) is 2. The molecule has 116 valence electrons. The zero-order chi connectivity index (χ0) is 16.7. The molecular weight excluding hydrogens is 431 g/mol. The highest BCUT2D eigenvalue weighted by molar-refractivity contribution is 9.11. The number of rotatable bonds is 2. The highest BCUT2D eigenvalue weighted by Gasteiger charge is 2.31. The molecule has 2 rings (SSSR count). The normalized spacial score (nSPS) is 11.3. The van der Waals surface area contributed by atoms with Gasteiger partial charge in [0.15, 0.2) is 0 Å². The van der Waals surface area contributed by atoms with Crippen LogP contribution in [-0.4, -0.2) is 10.9 Å². The summed E-state index contributed by atoms with van der Waals surface area (Å²) in [6.45, 7) is 1.72. The van der Waals surface area contributed by atoms with Gasteiger partial charge in [0.1, 0.15) is 17.6 Å². The van der Waals surface area contributed by atoms with Crippen molar-refractivity contribution in [1.29, 1.82) is 5.26 Å². The Balaban J connectivity index is 2.57. The molecule has 0 aliphatic carbocycles. The number of ether oxygens (including phenoxy) is 1. The molecule has 22 heavy (non-hydrogen) atoms. The first-order valence-corrected chi connectivity index (χ1v) is 7.35. The molecule has 0 aliphatic rings. The number of alkyl halides is 3. The summed E-state index contributed by atoms with van der Waals surface area (Å²) >= 11 is 6.39. The van der Waals surface area contributed by atoms with E-state index in [4.69, 9.17) is 11.0 Å². The van der Waals surface area contributed by atoms with Crippen LogP contribution in [0.25, 0.3) is 5.69 Å². The van der Waals surface area contributed by atoms with Crippen molar-refractivity contribution in [2.45, 2.75) is 13.3 Å². The Kier molecular flexibility index (Phi) is 4.44. The third kappa shape index (κ3) is 3.23. The number of nitriles is 1. The number of halogens is 5. The number of aryl methyl sites for hydroxylation is 1. The minimum Gasteiger partial charge on any atom is -0.406 e. The largest absolute Gasteiger partial charge is 0.573 e. The van der Waals surface area contributed by atoms with Crippen molar-refractivity contribution >= 4 is 37.7 Å². The van der Waals surface area contributed by atoms with Gasteiger partial charge in [-0.15, -0.1) is 13.2 Å². The Morgan fingerprint density at radius 2 is 1.82 bits per heavy atom. The van der Waals surface area contributed by atoms with E-state index in [-0.39, 0.29) is 11.6 Å². The van der Waals surface area contributed by atoms with Gasteiger partial charge in [-0.2, -0.15) is 5.26 Å². The summed E-state index contributed by atoms with van der Waals surface area (Å²) in [5.41, 5.74) is 7.36. The number of nitrogen functional groups attached to an aromatic ring is 1. The van der Waals surface area contributed by atoms with Crippen LogP contribution in [0.5, 0.6) is 5.75 Å². The smallest absolute Gasteiger partial charge is 0.406 e. The van der Waals surface area contributed by atoms with Gasteiger partial charge in [0.05, 0.1) is 11.3 Å². The molecule has 2 N–H and O–H groups in total. The molecule has 0 bridgehead atoms. The number of aromatic nitrogens is 1. The highest BCUT2D eigenvalue weighted by atomic mass is 79.9. The highest BCUT2D eigenvalue weighted by Crippen LogP contribution is 2.38. The van der Waals surface area contributed by atoms with Crippen molar-refractivity contribution in [1.82, 2.24) is 4.57 Å². The average molecular weight is 439 g/mol. The van der Waals surface area contributed by atoms with Crippen molar-refractivity contribution in [3.63, 3.8) is 0 Å². The van der Waals surface area contributed by atoms with Crippen LogP contribution in [0.2, 0.25) is 0 Å². The molecule has 4 nitrogen and oxygen atoms in total. The third-order valence-electron chi connectivity index (χ3n) is 2.81. The molecule has 0 saturated heterocycles. The molecule has 0 radical (unpaired) electrons. The van der Waals surface area contributed by atoms with Crippen LogP contribution in [0, 0.1) is 18.3 Å². The first kappa shape index (κ1) is 16.7. The molecule has 9 heteroatoms. The van der Waals surface area contributed by atoms with Gasteiger partial charge in [0, 0.05) is 15.1 Å². The van der Waals surface area contributed by atoms with E-state index >= 15 is 0 Å². The van der Waals surface area contributed by atoms with E-state index in [9.17, 15) is 13.2 Å². The second-order valence-electron chi connectivity index (χ2n) is 4.34. The summed E-state index contributed by atoms with van der Waals surface area (Å²) in [7, 11) is 0. The molecule has 1 heterocycles. The maximum atomic E-state index is 12.3. The van der Waals surface area contributed by atoms with Crippen LogP contribution in [0.15, 0.2) is 27.3 Å². The topological polar surface area (TPSA) is 64.0 Å². The standard InChI is InChI=1S/C13H8Br2F3N3O/c1-6-5-21(12(20)8(6)4-19)11-9(14)2-7(3-10(11)15)22-13(16,17)18/h2-3,5H,20H2,1H3. The molecule has 1 aromatic heterocycles. The minimum atomic E-state index is -4.78. The van der Waals surface area contributed by atoms with E-state index < -0.39 is 6.36 Å². The van der Waals surface area contributed by atoms with E-state index in [1.54, 1.807) is 13.1 Å². The maximum absolute atomic E-state index is 12.3. The fourth-order valence-electron chi connectivity index (χ4n) is 1.95. The molecule has 0 unspecified atom stereocenters. The quantitative estimate of drug-likeness (QED) is 0.741. The van der Waals surface area contributed by atoms with E-state index in [1.807, 2.05) is 6.07 Å². The van der Waals surface area contributed by atoms with Gasteiger partial charge in [-0.05, 0) is 56.5 Å². The van der Waals surface area contributed by atoms with Gasteiger partial charge >= 0.3 is 6.36 Å². The number of hydrogen-bond acceptors (Lipinski definition) is 3. The summed E-state index contributed by atoms with van der Waals surface area (Å²) in [4.78, 5) is 0. The van der Waals surface area contributed by atoms with Gasteiger partial charge < -0.3 is 15.0 Å². The van der Waals surface area contributed by atoms with E-state index in [0.717, 1.165) is 0 Å². The molecular formula is C13H8Br2F3N3O. The van der Waals surface area contributed by atoms with Crippen LogP contribution in [0.3, 0.4) is 0 Å².